The molecule has 0 amide bonds. The van der Waals surface area contributed by atoms with E-state index in [0.717, 1.165) is 12.1 Å². The van der Waals surface area contributed by atoms with E-state index in [2.05, 4.69) is 57.8 Å². The smallest absolute Gasteiger partial charge is 0.0413 e. The fourth-order valence-electron chi connectivity index (χ4n) is 2.76. The number of hydrogen-bond acceptors (Lipinski definition) is 2. The minimum atomic E-state index is 0.445. The highest BCUT2D eigenvalue weighted by molar-refractivity contribution is 5.29. The van der Waals surface area contributed by atoms with E-state index < -0.39 is 0 Å². The van der Waals surface area contributed by atoms with E-state index in [1.165, 1.54) is 22.4 Å². The maximum absolute atomic E-state index is 4.77. The lowest BCUT2D eigenvalue weighted by molar-refractivity contribution is 0.724. The van der Waals surface area contributed by atoms with Crippen LogP contribution in [0, 0.1) is 13.8 Å². The summed E-state index contributed by atoms with van der Waals surface area (Å²) < 4.78 is 0. The summed E-state index contributed by atoms with van der Waals surface area (Å²) in [5, 5.41) is 0. The Bertz CT molecular complexity index is 588. The third-order valence-electron chi connectivity index (χ3n) is 3.93. The molecule has 0 spiro atoms. The number of aryl methyl sites for hydroxylation is 2. The molecule has 0 fully saturated rings. The standard InChI is InChI=1S/C18H24N2/c1-12(2)17-7-6-16(20-15(17)5)10-14(4)18-11-19-9-8-13(18)3/h6-9,11-12,14H,10H2,1-5H3. The number of aromatic nitrogens is 2. The molecule has 0 aliphatic heterocycles. The van der Waals surface area contributed by atoms with Gasteiger partial charge in [-0.2, -0.15) is 0 Å². The highest BCUT2D eigenvalue weighted by Gasteiger charge is 2.12. The van der Waals surface area contributed by atoms with E-state index in [1.54, 1.807) is 0 Å². The van der Waals surface area contributed by atoms with Gasteiger partial charge in [0.15, 0.2) is 0 Å². The Morgan fingerprint density at radius 2 is 1.75 bits per heavy atom. The summed E-state index contributed by atoms with van der Waals surface area (Å²) in [4.78, 5) is 9.01. The van der Waals surface area contributed by atoms with Crippen molar-refractivity contribution in [2.45, 2.75) is 52.9 Å². The summed E-state index contributed by atoms with van der Waals surface area (Å²) in [5.74, 6) is 0.982. The van der Waals surface area contributed by atoms with Crippen molar-refractivity contribution in [3.05, 3.63) is 58.7 Å². The molecule has 0 saturated carbocycles. The van der Waals surface area contributed by atoms with Crippen LogP contribution in [0.25, 0.3) is 0 Å². The van der Waals surface area contributed by atoms with Gasteiger partial charge < -0.3 is 0 Å². The summed E-state index contributed by atoms with van der Waals surface area (Å²) in [6, 6.07) is 6.47. The number of nitrogens with zero attached hydrogens (tertiary/aromatic N) is 2. The fraction of sp³-hybridized carbons (Fsp3) is 0.444. The fourth-order valence-corrected chi connectivity index (χ4v) is 2.76. The van der Waals surface area contributed by atoms with Gasteiger partial charge in [0.1, 0.15) is 0 Å². The van der Waals surface area contributed by atoms with Crippen molar-refractivity contribution < 1.29 is 0 Å². The highest BCUT2D eigenvalue weighted by Crippen LogP contribution is 2.23. The molecule has 0 saturated heterocycles. The minimum absolute atomic E-state index is 0.445. The quantitative estimate of drug-likeness (QED) is 0.812. The predicted octanol–water partition coefficient (Wildman–Crippen LogP) is 4.56. The number of pyridine rings is 2. The van der Waals surface area contributed by atoms with E-state index >= 15 is 0 Å². The van der Waals surface area contributed by atoms with Crippen LogP contribution in [0.15, 0.2) is 30.6 Å². The average molecular weight is 268 g/mol. The normalized spacial score (nSPS) is 12.7. The van der Waals surface area contributed by atoms with Gasteiger partial charge in [0, 0.05) is 23.8 Å². The van der Waals surface area contributed by atoms with Crippen molar-refractivity contribution in [1.29, 1.82) is 0 Å². The van der Waals surface area contributed by atoms with Crippen molar-refractivity contribution in [1.82, 2.24) is 9.97 Å². The van der Waals surface area contributed by atoms with Gasteiger partial charge in [0.2, 0.25) is 0 Å². The van der Waals surface area contributed by atoms with Crippen molar-refractivity contribution in [2.75, 3.05) is 0 Å². The van der Waals surface area contributed by atoms with Crippen LogP contribution in [0.5, 0.6) is 0 Å². The van der Waals surface area contributed by atoms with Crippen molar-refractivity contribution in [3.8, 4) is 0 Å². The van der Waals surface area contributed by atoms with Gasteiger partial charge in [-0.15, -0.1) is 0 Å². The second-order valence-electron chi connectivity index (χ2n) is 5.97. The third kappa shape index (κ3) is 3.24. The van der Waals surface area contributed by atoms with Crippen molar-refractivity contribution in [2.24, 2.45) is 0 Å². The van der Waals surface area contributed by atoms with E-state index in [0.29, 0.717) is 11.8 Å². The zero-order valence-corrected chi connectivity index (χ0v) is 13.1. The Balaban J connectivity index is 2.18. The molecule has 2 heterocycles. The van der Waals surface area contributed by atoms with Crippen molar-refractivity contribution >= 4 is 0 Å². The Hall–Kier alpha value is -1.70. The van der Waals surface area contributed by atoms with Crippen LogP contribution in [-0.4, -0.2) is 9.97 Å². The highest BCUT2D eigenvalue weighted by atomic mass is 14.7. The first-order chi connectivity index (χ1) is 9.49. The molecule has 0 bridgehead atoms. The average Bonchev–Trinajstić information content (AvgIpc) is 2.38. The molecule has 0 aliphatic rings. The van der Waals surface area contributed by atoms with Crippen LogP contribution in [-0.2, 0) is 6.42 Å². The second kappa shape index (κ2) is 6.17. The van der Waals surface area contributed by atoms with Gasteiger partial charge in [-0.25, -0.2) is 0 Å². The zero-order chi connectivity index (χ0) is 14.7. The molecule has 0 aliphatic carbocycles. The van der Waals surface area contributed by atoms with Crippen molar-refractivity contribution in [3.63, 3.8) is 0 Å². The molecule has 2 heteroatoms. The summed E-state index contributed by atoms with van der Waals surface area (Å²) in [6.07, 6.45) is 4.80. The van der Waals surface area contributed by atoms with E-state index in [4.69, 9.17) is 4.98 Å². The zero-order valence-electron chi connectivity index (χ0n) is 13.1. The summed E-state index contributed by atoms with van der Waals surface area (Å²) in [6.45, 7) is 10.9. The summed E-state index contributed by atoms with van der Waals surface area (Å²) in [7, 11) is 0. The van der Waals surface area contributed by atoms with Crippen LogP contribution in [0.3, 0.4) is 0 Å². The van der Waals surface area contributed by atoms with Gasteiger partial charge in [-0.3, -0.25) is 9.97 Å². The van der Waals surface area contributed by atoms with Gasteiger partial charge in [0.25, 0.3) is 0 Å². The maximum atomic E-state index is 4.77. The first-order valence-electron chi connectivity index (χ1n) is 7.36. The molecule has 20 heavy (non-hydrogen) atoms. The van der Waals surface area contributed by atoms with Gasteiger partial charge in [0.05, 0.1) is 0 Å². The van der Waals surface area contributed by atoms with Crippen LogP contribution in [0.2, 0.25) is 0 Å². The Kier molecular flexibility index (Phi) is 4.53. The molecule has 0 N–H and O–H groups in total. The van der Waals surface area contributed by atoms with Crippen LogP contribution >= 0.6 is 0 Å². The summed E-state index contributed by atoms with van der Waals surface area (Å²) >= 11 is 0. The van der Waals surface area contributed by atoms with Crippen LogP contribution in [0.4, 0.5) is 0 Å². The Morgan fingerprint density at radius 3 is 2.35 bits per heavy atom. The van der Waals surface area contributed by atoms with E-state index in [-0.39, 0.29) is 0 Å². The topological polar surface area (TPSA) is 25.8 Å². The molecule has 0 aromatic carbocycles. The molecular formula is C18H24N2. The van der Waals surface area contributed by atoms with Crippen LogP contribution < -0.4 is 0 Å². The lowest BCUT2D eigenvalue weighted by Crippen LogP contribution is -2.05. The number of rotatable bonds is 4. The monoisotopic (exact) mass is 268 g/mol. The largest absolute Gasteiger partial charge is 0.264 e. The predicted molar refractivity (Wildman–Crippen MR) is 84.2 cm³/mol. The Labute approximate surface area is 122 Å². The summed E-state index contributed by atoms with van der Waals surface area (Å²) in [5.41, 5.74) is 6.30. The Morgan fingerprint density at radius 1 is 1.00 bits per heavy atom. The van der Waals surface area contributed by atoms with E-state index in [1.807, 2.05) is 12.4 Å². The maximum Gasteiger partial charge on any atom is 0.0413 e. The van der Waals surface area contributed by atoms with Crippen LogP contribution in [0.1, 0.15) is 60.7 Å². The number of hydrogen-bond donors (Lipinski definition) is 0. The molecule has 1 atom stereocenters. The van der Waals surface area contributed by atoms with Gasteiger partial charge in [-0.05, 0) is 60.9 Å². The molecule has 2 nitrogen and oxygen atoms in total. The van der Waals surface area contributed by atoms with E-state index in [9.17, 15) is 0 Å². The molecular weight excluding hydrogens is 244 g/mol. The molecule has 1 unspecified atom stereocenters. The van der Waals surface area contributed by atoms with Gasteiger partial charge in [-0.1, -0.05) is 26.8 Å². The molecule has 106 valence electrons. The molecule has 2 aromatic rings. The first-order valence-corrected chi connectivity index (χ1v) is 7.36. The SMILES string of the molecule is Cc1ccncc1C(C)Cc1ccc(C(C)C)c(C)n1. The molecule has 0 radical (unpaired) electrons. The molecule has 2 aromatic heterocycles. The molecule has 2 rings (SSSR count). The lowest BCUT2D eigenvalue weighted by Gasteiger charge is -2.15. The second-order valence-corrected chi connectivity index (χ2v) is 5.97. The van der Waals surface area contributed by atoms with Gasteiger partial charge >= 0.3 is 0 Å². The first kappa shape index (κ1) is 14.7. The third-order valence-corrected chi connectivity index (χ3v) is 3.93. The minimum Gasteiger partial charge on any atom is -0.264 e. The lowest BCUT2D eigenvalue weighted by atomic mass is 9.93.